The molecule has 1 heterocycles. The van der Waals surface area contributed by atoms with Crippen LogP contribution in [0.1, 0.15) is 46.0 Å². The Morgan fingerprint density at radius 2 is 1.75 bits per heavy atom. The third-order valence-electron chi connectivity index (χ3n) is 4.23. The van der Waals surface area contributed by atoms with E-state index in [-0.39, 0.29) is 5.91 Å². The zero-order chi connectivity index (χ0) is 11.8. The van der Waals surface area contributed by atoms with E-state index in [0.717, 1.165) is 45.2 Å². The molecule has 2 aliphatic rings. The highest BCUT2D eigenvalue weighted by Crippen LogP contribution is 2.43. The van der Waals surface area contributed by atoms with Gasteiger partial charge in [-0.05, 0) is 37.5 Å². The van der Waals surface area contributed by atoms with Crippen LogP contribution in [-0.2, 0) is 4.79 Å². The molecule has 88 valence electrons. The quantitative estimate of drug-likeness (QED) is 0.680. The lowest BCUT2D eigenvalue weighted by Crippen LogP contribution is -2.50. The molecule has 1 saturated heterocycles. The molecule has 1 aliphatic heterocycles. The molecule has 0 aromatic carbocycles. The van der Waals surface area contributed by atoms with Gasteiger partial charge in [0, 0.05) is 13.1 Å². The monoisotopic (exact) mass is 220 g/mol. The number of likely N-dealkylation sites (tertiary alicyclic amines) is 1. The van der Waals surface area contributed by atoms with Crippen LogP contribution in [0.5, 0.6) is 0 Å². The average molecular weight is 220 g/mol. The van der Waals surface area contributed by atoms with Crippen molar-refractivity contribution in [2.45, 2.75) is 46.0 Å². The fourth-order valence-electron chi connectivity index (χ4n) is 2.52. The molecular formula is C13H20N2O. The van der Waals surface area contributed by atoms with E-state index in [9.17, 15) is 4.79 Å². The van der Waals surface area contributed by atoms with Gasteiger partial charge in [0.1, 0.15) is 5.41 Å². The number of nitrogens with zero attached hydrogens (tertiary/aromatic N) is 2. The minimum atomic E-state index is -0.651. The molecule has 16 heavy (non-hydrogen) atoms. The lowest BCUT2D eigenvalue weighted by atomic mass is 9.68. The van der Waals surface area contributed by atoms with E-state index in [1.807, 2.05) is 4.90 Å². The molecule has 1 saturated carbocycles. The van der Waals surface area contributed by atoms with Gasteiger partial charge in [0.05, 0.1) is 6.07 Å². The van der Waals surface area contributed by atoms with E-state index in [1.165, 1.54) is 0 Å². The normalized spacial score (nSPS) is 26.7. The van der Waals surface area contributed by atoms with Gasteiger partial charge in [0.2, 0.25) is 5.91 Å². The number of rotatable bonds is 1. The smallest absolute Gasteiger partial charge is 0.243 e. The van der Waals surface area contributed by atoms with E-state index in [2.05, 4.69) is 19.9 Å². The second-order valence-electron chi connectivity index (χ2n) is 6.00. The van der Waals surface area contributed by atoms with Crippen molar-refractivity contribution in [3.05, 3.63) is 0 Å². The van der Waals surface area contributed by atoms with Crippen LogP contribution in [0.4, 0.5) is 0 Å². The highest BCUT2D eigenvalue weighted by atomic mass is 16.2. The molecule has 0 atom stereocenters. The summed E-state index contributed by atoms with van der Waals surface area (Å²) < 4.78 is 0. The predicted molar refractivity (Wildman–Crippen MR) is 61.5 cm³/mol. The fourth-order valence-corrected chi connectivity index (χ4v) is 2.52. The van der Waals surface area contributed by atoms with Gasteiger partial charge in [-0.1, -0.05) is 13.8 Å². The Balaban J connectivity index is 2.00. The summed E-state index contributed by atoms with van der Waals surface area (Å²) in [5.41, 5.74) is -0.294. The number of hydrogen-bond donors (Lipinski definition) is 0. The Bertz CT molecular complexity index is 326. The summed E-state index contributed by atoms with van der Waals surface area (Å²) in [6, 6.07) is 2.24. The number of amides is 1. The third kappa shape index (κ3) is 1.81. The lowest BCUT2D eigenvalue weighted by molar-refractivity contribution is -0.145. The van der Waals surface area contributed by atoms with E-state index < -0.39 is 5.41 Å². The van der Waals surface area contributed by atoms with Crippen molar-refractivity contribution >= 4 is 5.91 Å². The van der Waals surface area contributed by atoms with Crippen LogP contribution in [0.15, 0.2) is 0 Å². The maximum Gasteiger partial charge on any atom is 0.243 e. The standard InChI is InChI=1S/C13H20N2O/c1-12(2)6-8-15(9-7-12)11(16)13(10-14)4-3-5-13/h3-9H2,1-2H3. The van der Waals surface area contributed by atoms with Crippen LogP contribution in [0.2, 0.25) is 0 Å². The number of carbonyl (C=O) groups is 1. The first-order valence-corrected chi connectivity index (χ1v) is 6.20. The fraction of sp³-hybridized carbons (Fsp3) is 0.846. The van der Waals surface area contributed by atoms with Crippen molar-refractivity contribution in [2.24, 2.45) is 10.8 Å². The first-order chi connectivity index (χ1) is 7.49. The zero-order valence-electron chi connectivity index (χ0n) is 10.3. The molecule has 0 aromatic heterocycles. The maximum atomic E-state index is 12.2. The molecule has 0 bridgehead atoms. The number of carbonyl (C=O) groups excluding carboxylic acids is 1. The highest BCUT2D eigenvalue weighted by molar-refractivity contribution is 5.86. The summed E-state index contributed by atoms with van der Waals surface area (Å²) in [7, 11) is 0. The molecule has 3 heteroatoms. The van der Waals surface area contributed by atoms with Gasteiger partial charge < -0.3 is 4.90 Å². The van der Waals surface area contributed by atoms with Crippen molar-refractivity contribution in [2.75, 3.05) is 13.1 Å². The highest BCUT2D eigenvalue weighted by Gasteiger charge is 2.47. The first-order valence-electron chi connectivity index (χ1n) is 6.20. The molecule has 0 radical (unpaired) electrons. The van der Waals surface area contributed by atoms with Gasteiger partial charge in [-0.3, -0.25) is 4.79 Å². The predicted octanol–water partition coefficient (Wildman–Crippen LogP) is 2.33. The van der Waals surface area contributed by atoms with Crippen LogP contribution >= 0.6 is 0 Å². The lowest BCUT2D eigenvalue weighted by Gasteiger charge is -2.43. The SMILES string of the molecule is CC1(C)CCN(C(=O)C2(C#N)CCC2)CC1. The topological polar surface area (TPSA) is 44.1 Å². The molecule has 0 unspecified atom stereocenters. The van der Waals surface area contributed by atoms with Gasteiger partial charge in [-0.25, -0.2) is 0 Å². The largest absolute Gasteiger partial charge is 0.341 e. The molecule has 2 rings (SSSR count). The summed E-state index contributed by atoms with van der Waals surface area (Å²) in [6.07, 6.45) is 4.67. The number of piperidine rings is 1. The van der Waals surface area contributed by atoms with Gasteiger partial charge in [-0.15, -0.1) is 0 Å². The molecule has 0 N–H and O–H groups in total. The third-order valence-corrected chi connectivity index (χ3v) is 4.23. The Morgan fingerprint density at radius 1 is 1.19 bits per heavy atom. The van der Waals surface area contributed by atoms with Crippen molar-refractivity contribution in [3.63, 3.8) is 0 Å². The number of hydrogen-bond acceptors (Lipinski definition) is 2. The Hall–Kier alpha value is -1.04. The van der Waals surface area contributed by atoms with Gasteiger partial charge in [-0.2, -0.15) is 5.26 Å². The van der Waals surface area contributed by atoms with Crippen LogP contribution in [0.25, 0.3) is 0 Å². The van der Waals surface area contributed by atoms with Gasteiger partial charge in [0.15, 0.2) is 0 Å². The minimum Gasteiger partial charge on any atom is -0.341 e. The minimum absolute atomic E-state index is 0.0942. The zero-order valence-corrected chi connectivity index (χ0v) is 10.3. The van der Waals surface area contributed by atoms with Crippen LogP contribution in [0, 0.1) is 22.2 Å². The Labute approximate surface area is 97.4 Å². The maximum absolute atomic E-state index is 12.2. The van der Waals surface area contributed by atoms with E-state index >= 15 is 0 Å². The van der Waals surface area contributed by atoms with E-state index in [4.69, 9.17) is 5.26 Å². The van der Waals surface area contributed by atoms with Crippen LogP contribution in [-0.4, -0.2) is 23.9 Å². The van der Waals surface area contributed by atoms with Crippen molar-refractivity contribution in [1.82, 2.24) is 4.90 Å². The first kappa shape index (κ1) is 11.4. The molecular weight excluding hydrogens is 200 g/mol. The molecule has 3 nitrogen and oxygen atoms in total. The second kappa shape index (κ2) is 3.76. The van der Waals surface area contributed by atoms with Gasteiger partial charge >= 0.3 is 0 Å². The van der Waals surface area contributed by atoms with E-state index in [1.54, 1.807) is 0 Å². The molecule has 0 aromatic rings. The summed E-state index contributed by atoms with van der Waals surface area (Å²) in [4.78, 5) is 14.2. The summed E-state index contributed by atoms with van der Waals surface area (Å²) in [5.74, 6) is 0.0942. The van der Waals surface area contributed by atoms with E-state index in [0.29, 0.717) is 5.41 Å². The summed E-state index contributed by atoms with van der Waals surface area (Å²) in [5, 5.41) is 9.14. The number of nitriles is 1. The van der Waals surface area contributed by atoms with Crippen molar-refractivity contribution < 1.29 is 4.79 Å². The second-order valence-corrected chi connectivity index (χ2v) is 6.00. The van der Waals surface area contributed by atoms with Crippen LogP contribution in [0.3, 0.4) is 0 Å². The molecule has 2 fully saturated rings. The summed E-state index contributed by atoms with van der Waals surface area (Å²) >= 11 is 0. The molecule has 0 spiro atoms. The van der Waals surface area contributed by atoms with Crippen molar-refractivity contribution in [1.29, 1.82) is 5.26 Å². The Kier molecular flexibility index (Phi) is 2.69. The Morgan fingerprint density at radius 3 is 2.12 bits per heavy atom. The summed E-state index contributed by atoms with van der Waals surface area (Å²) in [6.45, 7) is 6.15. The average Bonchev–Trinajstić information content (AvgIpc) is 2.16. The van der Waals surface area contributed by atoms with Gasteiger partial charge in [0.25, 0.3) is 0 Å². The molecule has 1 aliphatic carbocycles. The molecule has 1 amide bonds. The van der Waals surface area contributed by atoms with Crippen molar-refractivity contribution in [3.8, 4) is 6.07 Å². The van der Waals surface area contributed by atoms with Crippen LogP contribution < -0.4 is 0 Å².